The lowest BCUT2D eigenvalue weighted by Crippen LogP contribution is -3.02. The van der Waals surface area contributed by atoms with Crippen LogP contribution in [0.2, 0.25) is 5.01 Å². The number of hydrogen-bond acceptors (Lipinski definition) is 0. The Morgan fingerprint density at radius 1 is 0.0762 bits per heavy atom. The second kappa shape index (κ2) is 50.4. The van der Waals surface area contributed by atoms with Crippen molar-refractivity contribution in [2.24, 2.45) is 0 Å². The van der Waals surface area contributed by atoms with Crippen molar-refractivity contribution in [2.75, 3.05) is 0 Å². The molecule has 0 fully saturated rings. The first kappa shape index (κ1) is 112. The summed E-state index contributed by atoms with van der Waals surface area (Å²) in [6, 6.07) is 0. The lowest BCUT2D eigenvalue weighted by atomic mass is 8.22. The van der Waals surface area contributed by atoms with Gasteiger partial charge >= 0.3 is 0 Å². The second-order valence-corrected chi connectivity index (χ2v) is 47.7. The molecule has 0 spiro atoms. The van der Waals surface area contributed by atoms with Gasteiger partial charge in [0.15, 0.2) is 0 Å². The predicted molar refractivity (Wildman–Crippen MR) is 752 cm³/mol. The van der Waals surface area contributed by atoms with E-state index in [1.54, 1.807) is 0 Å². The van der Waals surface area contributed by atoms with Crippen LogP contribution in [0.25, 0.3) is 0 Å². The van der Waals surface area contributed by atoms with E-state index in [-0.39, 0.29) is 5.01 Å². The Labute approximate surface area is 734 Å². The molecule has 0 saturated heterocycles. The fourth-order valence-electron chi connectivity index (χ4n) is 31.2. The predicted octanol–water partition coefficient (Wildman–Crippen LogP) is -68.3. The van der Waals surface area contributed by atoms with Crippen LogP contribution in [0.3, 0.4) is 0 Å². The molecule has 0 atom stereocenters. The van der Waals surface area contributed by atoms with Gasteiger partial charge in [0.2, 0.25) is 0 Å². The van der Waals surface area contributed by atoms with Gasteiger partial charge in [-0.15, -0.1) is 0 Å². The van der Waals surface area contributed by atoms with Crippen LogP contribution in [0.4, 0.5) is 0 Å². The molecule has 0 rings (SSSR count). The van der Waals surface area contributed by atoms with Crippen LogP contribution in [0.5, 0.6) is 0 Å². The fourth-order valence-corrected chi connectivity index (χ4v) is 31.2. The van der Waals surface area contributed by atoms with Crippen molar-refractivity contribution < 1.29 is 0 Å². The average Bonchev–Trinajstić information content (AvgIpc) is 3.41. The molecule has 0 N–H and O–H groups in total. The first-order valence-electron chi connectivity index (χ1n) is 47.7. The Hall–Kier alpha value is 6.75. The molecule has 0 aliphatic heterocycles. The molecule has 0 aromatic rings. The van der Waals surface area contributed by atoms with Crippen molar-refractivity contribution in [1.29, 1.82) is 0 Å². The Bertz CT molecular complexity index is 1820. The third-order valence-corrected chi connectivity index (χ3v) is 31.3. The topological polar surface area (TPSA) is 0 Å². The zero-order chi connectivity index (χ0) is 83.4. The molecule has 0 amide bonds. The Morgan fingerprint density at radius 2 is 0.143 bits per heavy atom. The van der Waals surface area contributed by atoms with E-state index >= 15 is 0 Å². The van der Waals surface area contributed by atoms with Gasteiger partial charge in [-0.2, -0.15) is 5.01 Å². The SMILES string of the molecule is BB(B)B(B(B)B)B(B(B)B)B(B(B(B(B)B)B(B)B)B(B(B)B)B(B)B)C(B(B(B(B)B)B(B)B)B(B(B)B)B(B)B)(B(B(B(B(B)B)B(B)B)B(B(B)B)B(B)B)B(B(B(B)B)B(B)B)B(B(B)B)B(B)B)B(B(B(B(B)B)B(B)B)B(B(B)B)B(B)B)B(B(B(B)B)B(B)B)B(B(B)B)B(B)B. The van der Waals surface area contributed by atoms with Gasteiger partial charge in [0.1, 0.15) is 0 Å². The van der Waals surface area contributed by atoms with Gasteiger partial charge in [0.25, 0.3) is 0 Å². The molecule has 0 aromatic carbocycles. The highest BCUT2D eigenvalue weighted by atomic mass is 13.9. The molecule has 0 aliphatic rings. The smallest absolute Gasteiger partial charge is 0.0552 e. The summed E-state index contributed by atoms with van der Waals surface area (Å²) in [5, 5.41) is -0.281. The zero-order valence-corrected chi connectivity index (χ0v) is 83.4. The summed E-state index contributed by atoms with van der Waals surface area (Å²) in [6.45, 7) is 1.48. The number of hydrogen-bond donors (Lipinski definition) is 0. The van der Waals surface area contributed by atoms with Crippen molar-refractivity contribution >= 4 is 737 Å². The summed E-state index contributed by atoms with van der Waals surface area (Å²) in [4.78, 5) is 0. The third-order valence-electron chi connectivity index (χ3n) is 31.3. The summed E-state index contributed by atoms with van der Waals surface area (Å²) in [5.41, 5.74) is 0. The zero-order valence-electron chi connectivity index (χ0n) is 83.4. The summed E-state index contributed by atoms with van der Waals surface area (Å²) in [6.07, 6.45) is 22.2. The standard InChI is InChI=1S/CH108B104/c2-60(3)87(61(4)5)56(88(62(6)7)63(8)9)1(57(89(64(10)11)95(65(12)13)66(14)15)90(96(67(16)17)68(18)19)97(69(20)21)70(22)23,58(91(98(71(24)25)72(26)27)99(73(28)29)74(30)31)92(100(75(32)33)76(34)35)101(77(36)37)78(38)39)59(93(102(79(40)41)80(42)43)103(81(44)45)82(46)47)94(104(83(48)49)84(50)51)105(85(52)53)86(54)55/h2-55H2. The van der Waals surface area contributed by atoms with Gasteiger partial charge in [-0.1, -0.05) is 0 Å². The van der Waals surface area contributed by atoms with Gasteiger partial charge in [-0.05, 0) is 0 Å². The fraction of sp³-hybridized carbons (Fsp3) is 1.00. The van der Waals surface area contributed by atoms with E-state index in [9.17, 15) is 0 Å². The minimum Gasteiger partial charge on any atom is -0.169 e. The van der Waals surface area contributed by atoms with Gasteiger partial charge < -0.3 is 0 Å². The van der Waals surface area contributed by atoms with Gasteiger partial charge in [0.05, 0.1) is 418 Å². The first-order chi connectivity index (χ1) is 47.7. The van der Waals surface area contributed by atoms with Crippen molar-refractivity contribution in [2.45, 2.75) is 5.01 Å². The maximum atomic E-state index is 2.92. The average molecular weight is 1250 g/mol. The van der Waals surface area contributed by atoms with E-state index in [1.165, 1.54) is 0 Å². The Balaban J connectivity index is 16.1. The van der Waals surface area contributed by atoms with E-state index in [0.29, 0.717) is 320 Å². The molecule has 0 bridgehead atoms. The molecule has 424 valence electrons. The normalized spacial score (nSPS) is 10.1. The quantitative estimate of drug-likeness (QED) is 0.0533. The van der Waals surface area contributed by atoms with Crippen LogP contribution in [-0.2, 0) is 0 Å². The van der Waals surface area contributed by atoms with Crippen molar-refractivity contribution in [3.63, 3.8) is 0 Å². The van der Waals surface area contributed by atoms with Gasteiger partial charge in [-0.25, -0.2) is 0 Å². The summed E-state index contributed by atoms with van der Waals surface area (Å²) >= 11 is 0. The lowest BCUT2D eigenvalue weighted by Gasteiger charge is -2.74. The summed E-state index contributed by atoms with van der Waals surface area (Å²) < 4.78 is 0. The van der Waals surface area contributed by atoms with Crippen LogP contribution in [0.15, 0.2) is 0 Å². The molecule has 0 aromatic heterocycles. The maximum Gasteiger partial charge on any atom is 0.0552 e. The highest BCUT2D eigenvalue weighted by Crippen LogP contribution is 2.51. The van der Waals surface area contributed by atoms with Crippen molar-refractivity contribution in [3.8, 4) is 0 Å². The van der Waals surface area contributed by atoms with E-state index in [1.807, 2.05) is 0 Å². The van der Waals surface area contributed by atoms with Crippen LogP contribution in [0, 0.1) is 0 Å². The second-order valence-electron chi connectivity index (χ2n) is 47.7. The number of rotatable bonds is 50. The maximum absolute atomic E-state index is 2.92. The summed E-state index contributed by atoms with van der Waals surface area (Å²) in [7, 11) is 153. The minimum atomic E-state index is -0.281. The van der Waals surface area contributed by atoms with Crippen LogP contribution in [-0.4, -0.2) is 737 Å². The Kier molecular flexibility index (Phi) is 53.6. The molecule has 0 saturated carbocycles. The van der Waals surface area contributed by atoms with E-state index in [0.717, 1.165) is 0 Å². The summed E-state index contributed by atoms with van der Waals surface area (Å²) in [5.74, 6) is 0. The van der Waals surface area contributed by atoms with Gasteiger partial charge in [0, 0.05) is 320 Å². The van der Waals surface area contributed by atoms with Crippen LogP contribution >= 0.6 is 0 Å². The minimum absolute atomic E-state index is 0.281. The largest absolute Gasteiger partial charge is 0.169 e. The third kappa shape index (κ3) is 28.4. The molecule has 0 nitrogen and oxygen atoms in total. The molecule has 104 heteroatoms. The highest BCUT2D eigenvalue weighted by Gasteiger charge is 2.76. The van der Waals surface area contributed by atoms with Crippen LogP contribution in [0.1, 0.15) is 0 Å². The molecular formula is CH108B104. The van der Waals surface area contributed by atoms with Gasteiger partial charge in [-0.3, -0.25) is 0 Å². The van der Waals surface area contributed by atoms with E-state index in [4.69, 9.17) is 0 Å². The molecule has 105 heavy (non-hydrogen) atoms. The molecule has 0 radical (unpaired) electrons. The van der Waals surface area contributed by atoms with E-state index in [2.05, 4.69) is 418 Å². The molecular weight excluding hydrogens is 1140 g/mol. The van der Waals surface area contributed by atoms with Crippen LogP contribution < -0.4 is 0 Å². The molecule has 0 aliphatic carbocycles. The monoisotopic (exact) mass is 1270 g/mol. The molecule has 0 unspecified atom stereocenters. The van der Waals surface area contributed by atoms with E-state index < -0.39 is 0 Å². The van der Waals surface area contributed by atoms with Crippen molar-refractivity contribution in [3.05, 3.63) is 0 Å². The lowest BCUT2D eigenvalue weighted by molar-refractivity contribution is 1.59. The Morgan fingerprint density at radius 3 is 0.229 bits per heavy atom. The van der Waals surface area contributed by atoms with Crippen molar-refractivity contribution in [1.82, 2.24) is 0 Å². The highest BCUT2D eigenvalue weighted by molar-refractivity contribution is 8.34. The molecule has 0 heterocycles. The first-order valence-corrected chi connectivity index (χ1v) is 47.7.